The summed E-state index contributed by atoms with van der Waals surface area (Å²) in [4.78, 5) is 12.1. The Hall–Kier alpha value is -2.85. The molecule has 0 aliphatic carbocycles. The first-order chi connectivity index (χ1) is 24.8. The third-order valence-corrected chi connectivity index (χ3v) is 6.66. The summed E-state index contributed by atoms with van der Waals surface area (Å²) >= 11 is 0. The Kier molecular flexibility index (Phi) is 28.8. The number of esters is 1. The van der Waals surface area contributed by atoms with Crippen molar-refractivity contribution >= 4 is 11.7 Å². The first-order valence-corrected chi connectivity index (χ1v) is 17.7. The van der Waals surface area contributed by atoms with E-state index in [1.54, 1.807) is 12.1 Å². The van der Waals surface area contributed by atoms with Gasteiger partial charge in [0.15, 0.2) is 0 Å². The Morgan fingerprint density at radius 2 is 0.860 bits per heavy atom. The standard InChI is InChI=1S/C37H59NO12/c1-2-3-13-38-35-11-9-34(10-12-35)37(39)50-33-31-48-29-27-46-25-23-44-21-19-42-17-15-40-14-16-41-18-20-43-22-24-45-26-28-47-30-32-49-36-7-5-4-6-8-36/h4-12,38H,2-3,13-33H2,1H3. The van der Waals surface area contributed by atoms with Crippen LogP contribution < -0.4 is 10.1 Å². The molecule has 0 saturated carbocycles. The van der Waals surface area contributed by atoms with E-state index in [0.717, 1.165) is 30.8 Å². The van der Waals surface area contributed by atoms with Crippen molar-refractivity contribution < 1.29 is 56.9 Å². The van der Waals surface area contributed by atoms with Gasteiger partial charge in [-0.05, 0) is 42.8 Å². The molecule has 2 aromatic rings. The summed E-state index contributed by atoms with van der Waals surface area (Å²) in [6.45, 7) is 12.4. The minimum atomic E-state index is -0.361. The molecular weight excluding hydrogens is 650 g/mol. The number of carbonyl (C=O) groups is 1. The van der Waals surface area contributed by atoms with Crippen LogP contribution in [0.25, 0.3) is 0 Å². The quantitative estimate of drug-likeness (QED) is 0.0799. The van der Waals surface area contributed by atoms with E-state index in [-0.39, 0.29) is 12.6 Å². The first kappa shape index (κ1) is 43.3. The fraction of sp³-hybridized carbons (Fsp3) is 0.649. The number of rotatable bonds is 36. The largest absolute Gasteiger partial charge is 0.491 e. The fourth-order valence-electron chi connectivity index (χ4n) is 4.01. The molecule has 0 aliphatic rings. The summed E-state index contributed by atoms with van der Waals surface area (Å²) in [6, 6.07) is 17.0. The number of nitrogens with one attached hydrogen (secondary N) is 1. The van der Waals surface area contributed by atoms with Gasteiger partial charge >= 0.3 is 5.97 Å². The summed E-state index contributed by atoms with van der Waals surface area (Å²) < 4.78 is 60.1. The SMILES string of the molecule is CCCCNc1ccc(C(=O)OCCOCCOCCOCCOCCOCCOCCOCCOCCOCCOc2ccccc2)cc1. The minimum Gasteiger partial charge on any atom is -0.491 e. The lowest BCUT2D eigenvalue weighted by Gasteiger charge is -2.09. The van der Waals surface area contributed by atoms with E-state index in [0.29, 0.717) is 131 Å². The van der Waals surface area contributed by atoms with Crippen LogP contribution in [0.2, 0.25) is 0 Å². The molecular formula is C37H59NO12. The number of carbonyl (C=O) groups excluding carboxylic acids is 1. The summed E-state index contributed by atoms with van der Waals surface area (Å²) in [5.41, 5.74) is 1.51. The third kappa shape index (κ3) is 26.0. The van der Waals surface area contributed by atoms with Crippen molar-refractivity contribution in [2.24, 2.45) is 0 Å². The summed E-state index contributed by atoms with van der Waals surface area (Å²) in [5.74, 6) is 0.480. The van der Waals surface area contributed by atoms with Crippen molar-refractivity contribution in [2.75, 3.05) is 144 Å². The summed E-state index contributed by atoms with van der Waals surface area (Å²) in [6.07, 6.45) is 2.24. The number of unbranched alkanes of at least 4 members (excludes halogenated alkanes) is 1. The van der Waals surface area contributed by atoms with Crippen LogP contribution >= 0.6 is 0 Å². The molecule has 0 radical (unpaired) electrons. The lowest BCUT2D eigenvalue weighted by atomic mass is 10.2. The van der Waals surface area contributed by atoms with Crippen LogP contribution in [0.5, 0.6) is 5.75 Å². The number of benzene rings is 2. The molecule has 0 unspecified atom stereocenters. The van der Waals surface area contributed by atoms with Crippen LogP contribution in [-0.2, 0) is 47.4 Å². The second kappa shape index (κ2) is 33.3. The lowest BCUT2D eigenvalue weighted by Crippen LogP contribution is -2.15. The molecule has 0 atom stereocenters. The number of ether oxygens (including phenoxy) is 11. The second-order valence-corrected chi connectivity index (χ2v) is 10.7. The van der Waals surface area contributed by atoms with Gasteiger partial charge in [0.2, 0.25) is 0 Å². The third-order valence-electron chi connectivity index (χ3n) is 6.66. The molecule has 0 saturated heterocycles. The van der Waals surface area contributed by atoms with Crippen LogP contribution in [0.15, 0.2) is 54.6 Å². The van der Waals surface area contributed by atoms with Gasteiger partial charge in [0, 0.05) is 12.2 Å². The molecule has 13 nitrogen and oxygen atoms in total. The molecule has 0 amide bonds. The predicted octanol–water partition coefficient (Wildman–Crippen LogP) is 4.28. The van der Waals surface area contributed by atoms with Gasteiger partial charge in [0.25, 0.3) is 0 Å². The highest BCUT2D eigenvalue weighted by atomic mass is 16.6. The first-order valence-electron chi connectivity index (χ1n) is 17.7. The van der Waals surface area contributed by atoms with E-state index in [2.05, 4.69) is 12.2 Å². The van der Waals surface area contributed by atoms with Gasteiger partial charge in [0.1, 0.15) is 19.0 Å². The number of hydrogen-bond donors (Lipinski definition) is 1. The zero-order valence-electron chi connectivity index (χ0n) is 29.9. The summed E-state index contributed by atoms with van der Waals surface area (Å²) in [5, 5.41) is 3.32. The van der Waals surface area contributed by atoms with E-state index >= 15 is 0 Å². The maximum atomic E-state index is 12.1. The Bertz CT molecular complexity index is 1020. The van der Waals surface area contributed by atoms with E-state index < -0.39 is 0 Å². The van der Waals surface area contributed by atoms with Crippen LogP contribution in [0, 0.1) is 0 Å². The van der Waals surface area contributed by atoms with Gasteiger partial charge in [-0.2, -0.15) is 0 Å². The highest BCUT2D eigenvalue weighted by Gasteiger charge is 2.07. The molecule has 50 heavy (non-hydrogen) atoms. The molecule has 0 heterocycles. The van der Waals surface area contributed by atoms with Crippen molar-refractivity contribution in [1.29, 1.82) is 0 Å². The molecule has 2 rings (SSSR count). The Morgan fingerprint density at radius 1 is 0.480 bits per heavy atom. The molecule has 2 aromatic carbocycles. The fourth-order valence-corrected chi connectivity index (χ4v) is 4.01. The van der Waals surface area contributed by atoms with Crippen LogP contribution in [-0.4, -0.2) is 145 Å². The van der Waals surface area contributed by atoms with Crippen molar-refractivity contribution in [3.63, 3.8) is 0 Å². The molecule has 0 spiro atoms. The topological polar surface area (TPSA) is 131 Å². The highest BCUT2D eigenvalue weighted by molar-refractivity contribution is 5.89. The zero-order chi connectivity index (χ0) is 35.4. The molecule has 0 aliphatic heterocycles. The highest BCUT2D eigenvalue weighted by Crippen LogP contribution is 2.11. The van der Waals surface area contributed by atoms with Crippen LogP contribution in [0.3, 0.4) is 0 Å². The molecule has 13 heteroatoms. The van der Waals surface area contributed by atoms with Gasteiger partial charge in [-0.15, -0.1) is 0 Å². The lowest BCUT2D eigenvalue weighted by molar-refractivity contribution is -0.0262. The molecule has 0 fully saturated rings. The second-order valence-electron chi connectivity index (χ2n) is 10.7. The number of para-hydroxylation sites is 1. The van der Waals surface area contributed by atoms with Gasteiger partial charge in [-0.3, -0.25) is 0 Å². The van der Waals surface area contributed by atoms with E-state index in [1.165, 1.54) is 0 Å². The monoisotopic (exact) mass is 709 g/mol. The van der Waals surface area contributed by atoms with E-state index in [9.17, 15) is 4.79 Å². The average molecular weight is 710 g/mol. The van der Waals surface area contributed by atoms with Gasteiger partial charge in [0.05, 0.1) is 124 Å². The predicted molar refractivity (Wildman–Crippen MR) is 189 cm³/mol. The van der Waals surface area contributed by atoms with Crippen molar-refractivity contribution in [2.45, 2.75) is 19.8 Å². The maximum Gasteiger partial charge on any atom is 0.338 e. The average Bonchev–Trinajstić information content (AvgIpc) is 3.14. The van der Waals surface area contributed by atoms with E-state index in [4.69, 9.17) is 52.1 Å². The van der Waals surface area contributed by atoms with Crippen molar-refractivity contribution in [3.05, 3.63) is 60.2 Å². The zero-order valence-corrected chi connectivity index (χ0v) is 29.9. The smallest absolute Gasteiger partial charge is 0.338 e. The molecule has 284 valence electrons. The summed E-state index contributed by atoms with van der Waals surface area (Å²) in [7, 11) is 0. The Labute approximate surface area is 298 Å². The van der Waals surface area contributed by atoms with Crippen LogP contribution in [0.1, 0.15) is 30.1 Å². The van der Waals surface area contributed by atoms with Crippen molar-refractivity contribution in [3.8, 4) is 5.75 Å². The molecule has 1 N–H and O–H groups in total. The van der Waals surface area contributed by atoms with Crippen LogP contribution in [0.4, 0.5) is 5.69 Å². The minimum absolute atomic E-state index is 0.190. The maximum absolute atomic E-state index is 12.1. The number of anilines is 1. The van der Waals surface area contributed by atoms with Gasteiger partial charge in [-0.1, -0.05) is 31.5 Å². The van der Waals surface area contributed by atoms with Crippen molar-refractivity contribution in [1.82, 2.24) is 0 Å². The Morgan fingerprint density at radius 3 is 1.26 bits per heavy atom. The van der Waals surface area contributed by atoms with Gasteiger partial charge in [-0.25, -0.2) is 4.79 Å². The van der Waals surface area contributed by atoms with Gasteiger partial charge < -0.3 is 57.4 Å². The van der Waals surface area contributed by atoms with E-state index in [1.807, 2.05) is 42.5 Å². The Balaban J connectivity index is 1.18. The molecule has 0 bridgehead atoms. The molecule has 0 aromatic heterocycles. The number of hydrogen-bond acceptors (Lipinski definition) is 13. The normalized spacial score (nSPS) is 11.1.